The third-order valence-electron chi connectivity index (χ3n) is 3.40. The topological polar surface area (TPSA) is 63.0 Å². The molecule has 2 heterocycles. The highest BCUT2D eigenvalue weighted by molar-refractivity contribution is 5.47. The van der Waals surface area contributed by atoms with Gasteiger partial charge in [-0.25, -0.2) is 9.97 Å². The van der Waals surface area contributed by atoms with Gasteiger partial charge < -0.3 is 15.1 Å². The molecule has 5 nitrogen and oxygen atoms in total. The number of aromatic nitrogens is 2. The average Bonchev–Trinajstić information content (AvgIpc) is 3.10. The lowest BCUT2D eigenvalue weighted by atomic mass is 10.2. The molecule has 1 saturated carbocycles. The molecule has 0 atom stereocenters. The van der Waals surface area contributed by atoms with Crippen LogP contribution in [0.1, 0.15) is 31.4 Å². The van der Waals surface area contributed by atoms with Gasteiger partial charge in [0.25, 0.3) is 0 Å². The first-order valence-electron chi connectivity index (χ1n) is 6.75. The van der Waals surface area contributed by atoms with Crippen molar-refractivity contribution in [3.05, 3.63) is 36.5 Å². The largest absolute Gasteiger partial charge is 0.467 e. The first-order chi connectivity index (χ1) is 9.40. The van der Waals surface area contributed by atoms with Crippen LogP contribution >= 0.6 is 0 Å². The fourth-order valence-electron chi connectivity index (χ4n) is 2.40. The maximum atomic E-state index is 5.27. The van der Waals surface area contributed by atoms with E-state index in [1.165, 1.54) is 25.7 Å². The van der Waals surface area contributed by atoms with Gasteiger partial charge in [0.2, 0.25) is 0 Å². The third-order valence-corrected chi connectivity index (χ3v) is 3.40. The molecule has 0 saturated heterocycles. The molecule has 1 aliphatic carbocycles. The molecule has 1 fully saturated rings. The molecule has 2 aromatic rings. The summed E-state index contributed by atoms with van der Waals surface area (Å²) in [5.41, 5.74) is 0. The van der Waals surface area contributed by atoms with Gasteiger partial charge in [-0.3, -0.25) is 0 Å². The maximum Gasteiger partial charge on any atom is 0.131 e. The molecule has 1 aliphatic rings. The second kappa shape index (κ2) is 5.73. The predicted molar refractivity (Wildman–Crippen MR) is 73.9 cm³/mol. The Kier molecular flexibility index (Phi) is 3.63. The van der Waals surface area contributed by atoms with Gasteiger partial charge in [-0.2, -0.15) is 0 Å². The number of anilines is 2. The minimum Gasteiger partial charge on any atom is -0.467 e. The zero-order chi connectivity index (χ0) is 12.9. The Morgan fingerprint density at radius 2 is 2.05 bits per heavy atom. The van der Waals surface area contributed by atoms with Crippen molar-refractivity contribution in [1.82, 2.24) is 9.97 Å². The lowest BCUT2D eigenvalue weighted by molar-refractivity contribution is 0.518. The van der Waals surface area contributed by atoms with E-state index >= 15 is 0 Å². The Labute approximate surface area is 112 Å². The van der Waals surface area contributed by atoms with Gasteiger partial charge in [-0.15, -0.1) is 0 Å². The second-order valence-corrected chi connectivity index (χ2v) is 4.85. The van der Waals surface area contributed by atoms with E-state index < -0.39 is 0 Å². The fraction of sp³-hybridized carbons (Fsp3) is 0.429. The zero-order valence-electron chi connectivity index (χ0n) is 10.8. The Morgan fingerprint density at radius 1 is 1.21 bits per heavy atom. The first-order valence-corrected chi connectivity index (χ1v) is 6.75. The Balaban J connectivity index is 1.59. The van der Waals surface area contributed by atoms with Crippen molar-refractivity contribution in [1.29, 1.82) is 0 Å². The predicted octanol–water partition coefficient (Wildman–Crippen LogP) is 3.04. The van der Waals surface area contributed by atoms with Crippen LogP contribution in [-0.2, 0) is 6.54 Å². The van der Waals surface area contributed by atoms with Crippen LogP contribution in [0.4, 0.5) is 11.6 Å². The number of nitrogens with zero attached hydrogens (tertiary/aromatic N) is 2. The molecule has 100 valence electrons. The van der Waals surface area contributed by atoms with Crippen molar-refractivity contribution >= 4 is 11.6 Å². The van der Waals surface area contributed by atoms with Crippen LogP contribution in [0.3, 0.4) is 0 Å². The third kappa shape index (κ3) is 3.24. The highest BCUT2D eigenvalue weighted by Gasteiger charge is 2.15. The van der Waals surface area contributed by atoms with Gasteiger partial charge >= 0.3 is 0 Å². The first kappa shape index (κ1) is 12.0. The van der Waals surface area contributed by atoms with Crippen molar-refractivity contribution in [2.75, 3.05) is 10.6 Å². The quantitative estimate of drug-likeness (QED) is 0.863. The zero-order valence-corrected chi connectivity index (χ0v) is 10.8. The van der Waals surface area contributed by atoms with Crippen LogP contribution in [0.25, 0.3) is 0 Å². The molecule has 0 amide bonds. The molecule has 2 aromatic heterocycles. The van der Waals surface area contributed by atoms with E-state index in [-0.39, 0.29) is 0 Å². The van der Waals surface area contributed by atoms with E-state index in [2.05, 4.69) is 20.6 Å². The highest BCUT2D eigenvalue weighted by Crippen LogP contribution is 2.22. The van der Waals surface area contributed by atoms with Crippen LogP contribution in [0.5, 0.6) is 0 Å². The van der Waals surface area contributed by atoms with E-state index in [0.717, 1.165) is 17.4 Å². The van der Waals surface area contributed by atoms with Crippen molar-refractivity contribution in [3.8, 4) is 0 Å². The second-order valence-electron chi connectivity index (χ2n) is 4.85. The minimum atomic E-state index is 0.563. The highest BCUT2D eigenvalue weighted by atomic mass is 16.3. The van der Waals surface area contributed by atoms with Gasteiger partial charge in [-0.1, -0.05) is 12.8 Å². The van der Waals surface area contributed by atoms with E-state index in [1.54, 1.807) is 12.6 Å². The van der Waals surface area contributed by atoms with Crippen molar-refractivity contribution in [3.63, 3.8) is 0 Å². The Morgan fingerprint density at radius 3 is 2.84 bits per heavy atom. The molecular formula is C14H18N4O. The van der Waals surface area contributed by atoms with E-state index in [4.69, 9.17) is 4.42 Å². The molecule has 0 aliphatic heterocycles. The maximum absolute atomic E-state index is 5.27. The van der Waals surface area contributed by atoms with Crippen molar-refractivity contribution in [2.45, 2.75) is 38.3 Å². The summed E-state index contributed by atoms with van der Waals surface area (Å²) in [5.74, 6) is 2.60. The summed E-state index contributed by atoms with van der Waals surface area (Å²) < 4.78 is 5.27. The number of hydrogen-bond acceptors (Lipinski definition) is 5. The summed E-state index contributed by atoms with van der Waals surface area (Å²) in [7, 11) is 0. The van der Waals surface area contributed by atoms with Gasteiger partial charge in [0.1, 0.15) is 23.7 Å². The molecule has 0 radical (unpaired) electrons. The van der Waals surface area contributed by atoms with Gasteiger partial charge in [0.05, 0.1) is 12.8 Å². The molecular weight excluding hydrogens is 240 g/mol. The SMILES string of the molecule is c1coc(CNc2cc(NC3CCCC3)ncn2)c1. The van der Waals surface area contributed by atoms with Crippen LogP contribution in [0.2, 0.25) is 0 Å². The fourth-order valence-corrected chi connectivity index (χ4v) is 2.40. The van der Waals surface area contributed by atoms with E-state index in [9.17, 15) is 0 Å². The molecule has 0 unspecified atom stereocenters. The molecule has 19 heavy (non-hydrogen) atoms. The number of nitrogens with one attached hydrogen (secondary N) is 2. The van der Waals surface area contributed by atoms with Crippen molar-refractivity contribution < 1.29 is 4.42 Å². The molecule has 3 rings (SSSR count). The summed E-state index contributed by atoms with van der Waals surface area (Å²) in [6, 6.07) is 6.32. The number of hydrogen-bond donors (Lipinski definition) is 2. The van der Waals surface area contributed by atoms with E-state index in [0.29, 0.717) is 12.6 Å². The standard InChI is InChI=1S/C14H18N4O/c1-2-5-11(4-1)18-14-8-13(16-10-17-14)15-9-12-6-3-7-19-12/h3,6-8,10-11H,1-2,4-5,9H2,(H2,15,16,17,18). The van der Waals surface area contributed by atoms with Crippen LogP contribution in [0, 0.1) is 0 Å². The van der Waals surface area contributed by atoms with Crippen molar-refractivity contribution in [2.24, 2.45) is 0 Å². The number of rotatable bonds is 5. The minimum absolute atomic E-state index is 0.563. The summed E-state index contributed by atoms with van der Waals surface area (Å²) in [4.78, 5) is 8.47. The van der Waals surface area contributed by atoms with Gasteiger partial charge in [0.15, 0.2) is 0 Å². The Hall–Kier alpha value is -2.04. The van der Waals surface area contributed by atoms with Crippen LogP contribution < -0.4 is 10.6 Å². The normalized spacial score (nSPS) is 15.6. The molecule has 2 N–H and O–H groups in total. The van der Waals surface area contributed by atoms with Gasteiger partial charge in [-0.05, 0) is 25.0 Å². The van der Waals surface area contributed by atoms with E-state index in [1.807, 2.05) is 18.2 Å². The molecule has 5 heteroatoms. The lowest BCUT2D eigenvalue weighted by Crippen LogP contribution is -2.15. The average molecular weight is 258 g/mol. The number of furan rings is 1. The molecule has 0 aromatic carbocycles. The summed E-state index contributed by atoms with van der Waals surface area (Å²) in [6.07, 6.45) is 8.35. The van der Waals surface area contributed by atoms with Crippen LogP contribution in [0.15, 0.2) is 35.2 Å². The Bertz CT molecular complexity index is 506. The van der Waals surface area contributed by atoms with Crippen LogP contribution in [-0.4, -0.2) is 16.0 Å². The summed E-state index contributed by atoms with van der Waals surface area (Å²) in [5, 5.41) is 6.69. The molecule has 0 bridgehead atoms. The summed E-state index contributed by atoms with van der Waals surface area (Å²) in [6.45, 7) is 0.632. The van der Waals surface area contributed by atoms with Gasteiger partial charge in [0, 0.05) is 12.1 Å². The monoisotopic (exact) mass is 258 g/mol. The lowest BCUT2D eigenvalue weighted by Gasteiger charge is -2.13. The summed E-state index contributed by atoms with van der Waals surface area (Å²) >= 11 is 0. The smallest absolute Gasteiger partial charge is 0.131 e. The molecule has 0 spiro atoms.